The zero-order chi connectivity index (χ0) is 10.9. The first-order valence-electron chi connectivity index (χ1n) is 6.15. The summed E-state index contributed by atoms with van der Waals surface area (Å²) in [5, 5.41) is 3.31. The number of rotatable bonds is 7. The van der Waals surface area contributed by atoms with E-state index in [0.717, 1.165) is 26.0 Å². The minimum absolute atomic E-state index is 0.262. The van der Waals surface area contributed by atoms with Crippen LogP contribution < -0.4 is 5.32 Å². The van der Waals surface area contributed by atoms with E-state index in [1.807, 2.05) is 0 Å². The van der Waals surface area contributed by atoms with Crippen molar-refractivity contribution in [2.24, 2.45) is 0 Å². The Kier molecular flexibility index (Phi) is 6.60. The maximum absolute atomic E-state index is 11.6. The van der Waals surface area contributed by atoms with Crippen molar-refractivity contribution < 1.29 is 9.53 Å². The molecule has 0 spiro atoms. The molecule has 0 radical (unpaired) electrons. The number of nitrogens with one attached hydrogen (secondary N) is 1. The quantitative estimate of drug-likeness (QED) is 0.656. The molecule has 0 saturated carbocycles. The summed E-state index contributed by atoms with van der Waals surface area (Å²) in [4.78, 5) is 11.6. The molecule has 1 N–H and O–H groups in total. The van der Waals surface area contributed by atoms with Gasteiger partial charge in [-0.25, -0.2) is 0 Å². The molecule has 0 amide bonds. The van der Waals surface area contributed by atoms with Gasteiger partial charge in [-0.05, 0) is 6.42 Å². The lowest BCUT2D eigenvalue weighted by molar-refractivity contribution is -0.120. The van der Waals surface area contributed by atoms with Gasteiger partial charge in [0.2, 0.25) is 0 Å². The second-order valence-electron chi connectivity index (χ2n) is 4.28. The molecule has 1 aliphatic heterocycles. The number of Topliss-reactive ketones (excluding diaryl/α,β-unsaturated/α-hetero) is 1. The van der Waals surface area contributed by atoms with Crippen molar-refractivity contribution in [3.63, 3.8) is 0 Å². The van der Waals surface area contributed by atoms with Gasteiger partial charge in [-0.1, -0.05) is 26.2 Å². The van der Waals surface area contributed by atoms with Crippen LogP contribution in [0.3, 0.4) is 0 Å². The van der Waals surface area contributed by atoms with Crippen LogP contribution in [0.1, 0.15) is 45.4 Å². The first-order chi connectivity index (χ1) is 7.33. The van der Waals surface area contributed by atoms with Crippen molar-refractivity contribution in [3.8, 4) is 0 Å². The van der Waals surface area contributed by atoms with Gasteiger partial charge in [0.25, 0.3) is 0 Å². The lowest BCUT2D eigenvalue weighted by Gasteiger charge is -2.23. The zero-order valence-electron chi connectivity index (χ0n) is 9.76. The summed E-state index contributed by atoms with van der Waals surface area (Å²) in [6.07, 6.45) is 6.12. The Balaban J connectivity index is 2.01. The monoisotopic (exact) mass is 213 g/mol. The molecule has 15 heavy (non-hydrogen) atoms. The smallest absolute Gasteiger partial charge is 0.134 e. The Bertz CT molecular complexity index is 176. The maximum Gasteiger partial charge on any atom is 0.134 e. The first-order valence-corrected chi connectivity index (χ1v) is 6.15. The lowest BCUT2D eigenvalue weighted by Crippen LogP contribution is -2.42. The molecule has 1 aliphatic rings. The van der Waals surface area contributed by atoms with E-state index in [2.05, 4.69) is 12.2 Å². The van der Waals surface area contributed by atoms with Gasteiger partial charge >= 0.3 is 0 Å². The Hall–Kier alpha value is -0.410. The number of carbonyl (C=O) groups is 1. The minimum Gasteiger partial charge on any atom is -0.379 e. The summed E-state index contributed by atoms with van der Waals surface area (Å²) >= 11 is 0. The Morgan fingerprint density at radius 2 is 2.27 bits per heavy atom. The fraction of sp³-hybridized carbons (Fsp3) is 0.917. The van der Waals surface area contributed by atoms with Crippen LogP contribution in [-0.2, 0) is 9.53 Å². The number of unbranched alkanes of at least 4 members (excludes halogenated alkanes) is 3. The highest BCUT2D eigenvalue weighted by Gasteiger charge is 2.16. The molecule has 0 aliphatic carbocycles. The Labute approximate surface area is 92.6 Å². The van der Waals surface area contributed by atoms with Crippen molar-refractivity contribution in [2.45, 2.75) is 51.5 Å². The van der Waals surface area contributed by atoms with E-state index in [0.29, 0.717) is 18.8 Å². The summed E-state index contributed by atoms with van der Waals surface area (Å²) < 4.78 is 5.31. The number of hydrogen-bond acceptors (Lipinski definition) is 3. The van der Waals surface area contributed by atoms with Gasteiger partial charge in [-0.15, -0.1) is 0 Å². The third kappa shape index (κ3) is 5.90. The molecule has 1 rings (SSSR count). The van der Waals surface area contributed by atoms with Gasteiger partial charge in [0.1, 0.15) is 5.78 Å². The first kappa shape index (κ1) is 12.7. The number of morpholine rings is 1. The predicted molar refractivity (Wildman–Crippen MR) is 61.0 cm³/mol. The van der Waals surface area contributed by atoms with Gasteiger partial charge in [0, 0.05) is 25.4 Å². The normalized spacial score (nSPS) is 21.5. The molecule has 1 atom stereocenters. The van der Waals surface area contributed by atoms with E-state index in [1.165, 1.54) is 19.3 Å². The summed E-state index contributed by atoms with van der Waals surface area (Å²) in [5.41, 5.74) is 0. The van der Waals surface area contributed by atoms with E-state index < -0.39 is 0 Å². The average Bonchev–Trinajstić information content (AvgIpc) is 2.26. The van der Waals surface area contributed by atoms with Gasteiger partial charge < -0.3 is 10.1 Å². The van der Waals surface area contributed by atoms with Crippen LogP contribution in [0.25, 0.3) is 0 Å². The molecule has 1 unspecified atom stereocenters. The van der Waals surface area contributed by atoms with Crippen LogP contribution in [0.2, 0.25) is 0 Å². The van der Waals surface area contributed by atoms with E-state index in [-0.39, 0.29) is 6.04 Å². The van der Waals surface area contributed by atoms with Gasteiger partial charge in [-0.2, -0.15) is 0 Å². The second-order valence-corrected chi connectivity index (χ2v) is 4.28. The molecule has 1 heterocycles. The highest BCUT2D eigenvalue weighted by Crippen LogP contribution is 2.07. The van der Waals surface area contributed by atoms with Crippen LogP contribution in [-0.4, -0.2) is 31.6 Å². The largest absolute Gasteiger partial charge is 0.379 e. The van der Waals surface area contributed by atoms with Crippen LogP contribution >= 0.6 is 0 Å². The molecule has 0 aromatic rings. The fourth-order valence-electron chi connectivity index (χ4n) is 1.88. The molecule has 88 valence electrons. The van der Waals surface area contributed by atoms with E-state index in [4.69, 9.17) is 4.74 Å². The second kappa shape index (κ2) is 7.83. The molecular formula is C12H23NO2. The van der Waals surface area contributed by atoms with Gasteiger partial charge in [-0.3, -0.25) is 4.79 Å². The van der Waals surface area contributed by atoms with Crippen LogP contribution in [0.15, 0.2) is 0 Å². The van der Waals surface area contributed by atoms with Crippen molar-refractivity contribution in [1.29, 1.82) is 0 Å². The summed E-state index contributed by atoms with van der Waals surface area (Å²) in [7, 11) is 0. The van der Waals surface area contributed by atoms with Crippen molar-refractivity contribution >= 4 is 5.78 Å². The third-order valence-electron chi connectivity index (χ3n) is 2.78. The van der Waals surface area contributed by atoms with Crippen LogP contribution in [0.4, 0.5) is 0 Å². The summed E-state index contributed by atoms with van der Waals surface area (Å²) in [5.74, 6) is 0.383. The fourth-order valence-corrected chi connectivity index (χ4v) is 1.88. The SMILES string of the molecule is CCCCCCC(=O)CC1COCCN1. The highest BCUT2D eigenvalue weighted by molar-refractivity contribution is 5.78. The molecule has 1 fully saturated rings. The van der Waals surface area contributed by atoms with Crippen LogP contribution in [0.5, 0.6) is 0 Å². The number of ketones is 1. The summed E-state index contributed by atoms with van der Waals surface area (Å²) in [6.45, 7) is 4.54. The van der Waals surface area contributed by atoms with Crippen LogP contribution in [0, 0.1) is 0 Å². The van der Waals surface area contributed by atoms with Gasteiger partial charge in [0.05, 0.1) is 13.2 Å². The number of carbonyl (C=O) groups excluding carboxylic acids is 1. The lowest BCUT2D eigenvalue weighted by atomic mass is 10.0. The zero-order valence-corrected chi connectivity index (χ0v) is 9.76. The molecule has 0 aromatic carbocycles. The predicted octanol–water partition coefficient (Wildman–Crippen LogP) is 1.90. The van der Waals surface area contributed by atoms with E-state index >= 15 is 0 Å². The maximum atomic E-state index is 11.6. The Morgan fingerprint density at radius 3 is 2.93 bits per heavy atom. The minimum atomic E-state index is 0.262. The molecule has 0 aromatic heterocycles. The molecule has 3 heteroatoms. The van der Waals surface area contributed by atoms with E-state index in [9.17, 15) is 4.79 Å². The van der Waals surface area contributed by atoms with E-state index in [1.54, 1.807) is 0 Å². The van der Waals surface area contributed by atoms with Crippen molar-refractivity contribution in [2.75, 3.05) is 19.8 Å². The average molecular weight is 213 g/mol. The third-order valence-corrected chi connectivity index (χ3v) is 2.78. The van der Waals surface area contributed by atoms with Crippen molar-refractivity contribution in [1.82, 2.24) is 5.32 Å². The van der Waals surface area contributed by atoms with Crippen molar-refractivity contribution in [3.05, 3.63) is 0 Å². The number of ether oxygens (including phenoxy) is 1. The Morgan fingerprint density at radius 1 is 1.40 bits per heavy atom. The molecule has 0 bridgehead atoms. The molecular weight excluding hydrogens is 190 g/mol. The molecule has 3 nitrogen and oxygen atoms in total. The topological polar surface area (TPSA) is 38.3 Å². The molecule has 1 saturated heterocycles. The standard InChI is InChI=1S/C12H23NO2/c1-2-3-4-5-6-12(14)9-11-10-15-8-7-13-11/h11,13H,2-10H2,1H3. The summed E-state index contributed by atoms with van der Waals surface area (Å²) in [6, 6.07) is 0.262. The highest BCUT2D eigenvalue weighted by atomic mass is 16.5. The van der Waals surface area contributed by atoms with Gasteiger partial charge in [0.15, 0.2) is 0 Å². The number of hydrogen-bond donors (Lipinski definition) is 1.